The third kappa shape index (κ3) is 6.36. The molecule has 1 aromatic carbocycles. The summed E-state index contributed by atoms with van der Waals surface area (Å²) in [6.07, 6.45) is 1.64. The van der Waals surface area contributed by atoms with E-state index in [1.54, 1.807) is 0 Å². The van der Waals surface area contributed by atoms with Gasteiger partial charge in [-0.25, -0.2) is 0 Å². The van der Waals surface area contributed by atoms with Gasteiger partial charge < -0.3 is 10.6 Å². The number of benzene rings is 1. The molecule has 1 unspecified atom stereocenters. The Kier molecular flexibility index (Phi) is 8.45. The molecule has 0 aliphatic carbocycles. The molecule has 0 aromatic heterocycles. The van der Waals surface area contributed by atoms with Gasteiger partial charge in [0.15, 0.2) is 0 Å². The average Bonchev–Trinajstić information content (AvgIpc) is 2.54. The number of carbonyl (C=O) groups excluding carboxylic acids is 1. The highest BCUT2D eigenvalue weighted by Crippen LogP contribution is 2.23. The summed E-state index contributed by atoms with van der Waals surface area (Å²) in [4.78, 5) is 12.1. The minimum absolute atomic E-state index is 0. The number of halogens is 1. The number of carbonyl (C=O) groups is 1. The first-order valence-electron chi connectivity index (χ1n) is 8.18. The Bertz CT molecular complexity index is 484. The van der Waals surface area contributed by atoms with Gasteiger partial charge in [-0.05, 0) is 17.5 Å². The van der Waals surface area contributed by atoms with E-state index < -0.39 is 0 Å². The lowest BCUT2D eigenvalue weighted by Gasteiger charge is -2.27. The highest BCUT2D eigenvalue weighted by atomic mass is 35.5. The van der Waals surface area contributed by atoms with E-state index >= 15 is 0 Å². The lowest BCUT2D eigenvalue weighted by atomic mass is 9.84. The fourth-order valence-corrected chi connectivity index (χ4v) is 3.61. The molecule has 1 saturated heterocycles. The first-order chi connectivity index (χ1) is 10.5. The second-order valence-electron chi connectivity index (χ2n) is 6.64. The number of rotatable bonds is 6. The summed E-state index contributed by atoms with van der Waals surface area (Å²) in [6.45, 7) is 8.22. The van der Waals surface area contributed by atoms with Gasteiger partial charge in [0.2, 0.25) is 5.91 Å². The van der Waals surface area contributed by atoms with Gasteiger partial charge in [-0.1, -0.05) is 45.0 Å². The average molecular weight is 357 g/mol. The highest BCUT2D eigenvalue weighted by molar-refractivity contribution is 7.99. The second kappa shape index (κ2) is 9.55. The van der Waals surface area contributed by atoms with Gasteiger partial charge in [-0.15, -0.1) is 12.4 Å². The lowest BCUT2D eigenvalue weighted by Crippen LogP contribution is -2.43. The summed E-state index contributed by atoms with van der Waals surface area (Å²) in [5.74, 6) is 2.34. The van der Waals surface area contributed by atoms with Crippen LogP contribution >= 0.6 is 24.2 Å². The van der Waals surface area contributed by atoms with Crippen molar-refractivity contribution in [2.75, 3.05) is 24.6 Å². The highest BCUT2D eigenvalue weighted by Gasteiger charge is 2.22. The molecule has 1 amide bonds. The van der Waals surface area contributed by atoms with Gasteiger partial charge in [0.05, 0.1) is 0 Å². The van der Waals surface area contributed by atoms with Crippen molar-refractivity contribution in [2.24, 2.45) is 0 Å². The molecule has 2 N–H and O–H groups in total. The summed E-state index contributed by atoms with van der Waals surface area (Å²) in [6, 6.07) is 9.06. The maximum Gasteiger partial charge on any atom is 0.221 e. The molecule has 5 heteroatoms. The van der Waals surface area contributed by atoms with Crippen molar-refractivity contribution in [3.05, 3.63) is 35.4 Å². The Labute approximate surface area is 150 Å². The Morgan fingerprint density at radius 1 is 1.35 bits per heavy atom. The van der Waals surface area contributed by atoms with Crippen molar-refractivity contribution in [2.45, 2.75) is 45.1 Å². The minimum Gasteiger partial charge on any atom is -0.355 e. The summed E-state index contributed by atoms with van der Waals surface area (Å²) < 4.78 is 0. The van der Waals surface area contributed by atoms with Crippen molar-refractivity contribution < 1.29 is 4.79 Å². The molecule has 1 aliphatic heterocycles. The van der Waals surface area contributed by atoms with E-state index in [-0.39, 0.29) is 23.7 Å². The van der Waals surface area contributed by atoms with Crippen LogP contribution in [0.4, 0.5) is 0 Å². The zero-order chi connectivity index (χ0) is 16.0. The predicted molar refractivity (Wildman–Crippen MR) is 103 cm³/mol. The standard InChI is InChI=1S/C18H28N2OS.ClH/c1-4-14-5-7-15(8-6-14)18(2,3)13-20-17(21)11-16-12-22-10-9-19-16;/h5-8,16,19H,4,9-13H2,1-3H3,(H,20,21);1H. The molecule has 1 atom stereocenters. The molecule has 3 nitrogen and oxygen atoms in total. The van der Waals surface area contributed by atoms with Crippen LogP contribution in [-0.4, -0.2) is 36.5 Å². The Hall–Kier alpha value is -0.710. The number of aryl methyl sites for hydroxylation is 1. The molecular formula is C18H29ClN2OS. The van der Waals surface area contributed by atoms with E-state index in [1.165, 1.54) is 11.1 Å². The van der Waals surface area contributed by atoms with Gasteiger partial charge in [0, 0.05) is 42.5 Å². The lowest BCUT2D eigenvalue weighted by molar-refractivity contribution is -0.121. The van der Waals surface area contributed by atoms with Crippen molar-refractivity contribution >= 4 is 30.1 Å². The topological polar surface area (TPSA) is 41.1 Å². The molecule has 1 fully saturated rings. The Morgan fingerprint density at radius 3 is 2.61 bits per heavy atom. The van der Waals surface area contributed by atoms with Crippen LogP contribution in [0.5, 0.6) is 0 Å². The molecule has 0 bridgehead atoms. The maximum absolute atomic E-state index is 12.1. The quantitative estimate of drug-likeness (QED) is 0.822. The molecule has 23 heavy (non-hydrogen) atoms. The molecule has 0 radical (unpaired) electrons. The van der Waals surface area contributed by atoms with Crippen LogP contribution in [-0.2, 0) is 16.6 Å². The van der Waals surface area contributed by atoms with Crippen molar-refractivity contribution in [3.8, 4) is 0 Å². The molecule has 1 aromatic rings. The normalized spacial score (nSPS) is 18.1. The van der Waals surface area contributed by atoms with E-state index in [0.29, 0.717) is 19.0 Å². The first-order valence-corrected chi connectivity index (χ1v) is 9.34. The SMILES string of the molecule is CCc1ccc(C(C)(C)CNC(=O)CC2CSCCN2)cc1.Cl. The van der Waals surface area contributed by atoms with Crippen molar-refractivity contribution in [1.82, 2.24) is 10.6 Å². The smallest absolute Gasteiger partial charge is 0.221 e. The second-order valence-corrected chi connectivity index (χ2v) is 7.79. The van der Waals surface area contributed by atoms with E-state index in [0.717, 1.165) is 24.5 Å². The van der Waals surface area contributed by atoms with E-state index in [9.17, 15) is 4.79 Å². The van der Waals surface area contributed by atoms with Crippen LogP contribution < -0.4 is 10.6 Å². The summed E-state index contributed by atoms with van der Waals surface area (Å²) in [5.41, 5.74) is 2.58. The van der Waals surface area contributed by atoms with E-state index in [4.69, 9.17) is 0 Å². The molecule has 0 spiro atoms. The number of hydrogen-bond donors (Lipinski definition) is 2. The Balaban J connectivity index is 0.00000264. The molecule has 1 heterocycles. The number of nitrogens with one attached hydrogen (secondary N) is 2. The summed E-state index contributed by atoms with van der Waals surface area (Å²) in [5, 5.41) is 6.52. The van der Waals surface area contributed by atoms with Crippen LogP contribution in [0, 0.1) is 0 Å². The molecule has 0 saturated carbocycles. The first kappa shape index (κ1) is 20.3. The number of amides is 1. The fraction of sp³-hybridized carbons (Fsp3) is 0.611. The van der Waals surface area contributed by atoms with Crippen molar-refractivity contribution in [3.63, 3.8) is 0 Å². The minimum atomic E-state index is -0.0450. The van der Waals surface area contributed by atoms with Crippen LogP contribution in [0.25, 0.3) is 0 Å². The third-order valence-electron chi connectivity index (χ3n) is 4.30. The van der Waals surface area contributed by atoms with Gasteiger partial charge in [0.25, 0.3) is 0 Å². The maximum atomic E-state index is 12.1. The summed E-state index contributed by atoms with van der Waals surface area (Å²) >= 11 is 1.93. The van der Waals surface area contributed by atoms with Crippen LogP contribution in [0.3, 0.4) is 0 Å². The monoisotopic (exact) mass is 356 g/mol. The largest absolute Gasteiger partial charge is 0.355 e. The van der Waals surface area contributed by atoms with Gasteiger partial charge in [-0.3, -0.25) is 4.79 Å². The molecular weight excluding hydrogens is 328 g/mol. The zero-order valence-electron chi connectivity index (χ0n) is 14.4. The summed E-state index contributed by atoms with van der Waals surface area (Å²) in [7, 11) is 0. The molecule has 2 rings (SSSR count). The van der Waals surface area contributed by atoms with Crippen LogP contribution in [0.2, 0.25) is 0 Å². The number of thioether (sulfide) groups is 1. The fourth-order valence-electron chi connectivity index (χ4n) is 2.66. The van der Waals surface area contributed by atoms with Gasteiger partial charge in [0.1, 0.15) is 0 Å². The van der Waals surface area contributed by atoms with Gasteiger partial charge in [-0.2, -0.15) is 11.8 Å². The molecule has 1 aliphatic rings. The zero-order valence-corrected chi connectivity index (χ0v) is 16.0. The number of hydrogen-bond acceptors (Lipinski definition) is 3. The van der Waals surface area contributed by atoms with E-state index in [2.05, 4.69) is 55.7 Å². The third-order valence-corrected chi connectivity index (χ3v) is 5.43. The van der Waals surface area contributed by atoms with Gasteiger partial charge >= 0.3 is 0 Å². The van der Waals surface area contributed by atoms with Crippen LogP contribution in [0.15, 0.2) is 24.3 Å². The van der Waals surface area contributed by atoms with E-state index in [1.807, 2.05) is 11.8 Å². The Morgan fingerprint density at radius 2 is 2.04 bits per heavy atom. The van der Waals surface area contributed by atoms with Crippen LogP contribution in [0.1, 0.15) is 38.3 Å². The van der Waals surface area contributed by atoms with Crippen molar-refractivity contribution in [1.29, 1.82) is 0 Å². The predicted octanol–water partition coefficient (Wildman–Crippen LogP) is 3.16. The molecule has 130 valence electrons.